The van der Waals surface area contributed by atoms with Crippen LogP contribution < -0.4 is 5.56 Å². The Morgan fingerprint density at radius 3 is 2.62 bits per heavy atom. The van der Waals surface area contributed by atoms with Crippen LogP contribution in [-0.4, -0.2) is 20.9 Å². The van der Waals surface area contributed by atoms with E-state index >= 15 is 0 Å². The van der Waals surface area contributed by atoms with Gasteiger partial charge in [0.25, 0.3) is 0 Å². The fourth-order valence-corrected chi connectivity index (χ4v) is 4.90. The summed E-state index contributed by atoms with van der Waals surface area (Å²) in [5, 5.41) is 8.96. The first-order chi connectivity index (χ1) is 15.8. The third-order valence-electron chi connectivity index (χ3n) is 5.04. The first-order valence-electron chi connectivity index (χ1n) is 9.80. The van der Waals surface area contributed by atoms with Crippen molar-refractivity contribution in [1.82, 2.24) is 14.6 Å². The van der Waals surface area contributed by atoms with Crippen LogP contribution >= 0.6 is 22.7 Å². The van der Waals surface area contributed by atoms with Crippen LogP contribution in [0.2, 0.25) is 0 Å². The monoisotopic (exact) mass is 454 g/mol. The van der Waals surface area contributed by atoms with Crippen LogP contribution in [0.3, 0.4) is 0 Å². The number of benzene rings is 1. The van der Waals surface area contributed by atoms with Crippen molar-refractivity contribution < 1.29 is 4.42 Å². The lowest BCUT2D eigenvalue weighted by Crippen LogP contribution is -2.16. The van der Waals surface area contributed by atoms with Gasteiger partial charge >= 0.3 is 5.56 Å². The van der Waals surface area contributed by atoms with Gasteiger partial charge in [-0.1, -0.05) is 42.5 Å². The van der Waals surface area contributed by atoms with Crippen molar-refractivity contribution in [2.45, 2.75) is 0 Å². The van der Waals surface area contributed by atoms with Crippen molar-refractivity contribution >= 4 is 51.1 Å². The number of aromatic nitrogens is 3. The van der Waals surface area contributed by atoms with Crippen molar-refractivity contribution in [1.29, 1.82) is 0 Å². The van der Waals surface area contributed by atoms with Crippen molar-refractivity contribution in [3.8, 4) is 21.7 Å². The molecule has 154 valence electrons. The van der Waals surface area contributed by atoms with E-state index < -0.39 is 0 Å². The van der Waals surface area contributed by atoms with Crippen LogP contribution in [0.1, 0.15) is 4.88 Å². The molecule has 0 aliphatic carbocycles. The first kappa shape index (κ1) is 18.9. The summed E-state index contributed by atoms with van der Waals surface area (Å²) in [6.45, 7) is 0. The Balaban J connectivity index is 1.60. The summed E-state index contributed by atoms with van der Waals surface area (Å²) in [7, 11) is 0. The fourth-order valence-electron chi connectivity index (χ4n) is 3.57. The minimum Gasteiger partial charge on any atom is -0.430 e. The molecular weight excluding hydrogens is 440 g/mol. The molecular formula is C24H14N4O2S2. The van der Waals surface area contributed by atoms with Gasteiger partial charge in [-0.05, 0) is 29.0 Å². The van der Waals surface area contributed by atoms with Crippen LogP contribution in [0.4, 0.5) is 0 Å². The highest BCUT2D eigenvalue weighted by molar-refractivity contribution is 7.13. The van der Waals surface area contributed by atoms with Crippen LogP contribution in [0.15, 0.2) is 92.1 Å². The van der Waals surface area contributed by atoms with E-state index in [2.05, 4.69) is 10.1 Å². The van der Waals surface area contributed by atoms with Gasteiger partial charge in [-0.15, -0.1) is 22.7 Å². The Kier molecular flexibility index (Phi) is 4.52. The minimum atomic E-state index is -0.376. The zero-order valence-corrected chi connectivity index (χ0v) is 18.1. The zero-order chi connectivity index (χ0) is 21.5. The average molecular weight is 455 g/mol. The molecule has 0 unspecified atom stereocenters. The smallest absolute Gasteiger partial charge is 0.317 e. The van der Waals surface area contributed by atoms with Crippen molar-refractivity contribution in [3.05, 3.63) is 93.0 Å². The molecule has 6 aromatic rings. The Hall–Kier alpha value is -3.88. The van der Waals surface area contributed by atoms with E-state index in [0.29, 0.717) is 11.2 Å². The molecule has 5 heterocycles. The first-order valence-corrected chi connectivity index (χ1v) is 11.6. The van der Waals surface area contributed by atoms with Crippen molar-refractivity contribution in [3.63, 3.8) is 0 Å². The molecule has 0 aliphatic rings. The second-order valence-corrected chi connectivity index (χ2v) is 8.94. The van der Waals surface area contributed by atoms with E-state index in [9.17, 15) is 4.79 Å². The van der Waals surface area contributed by atoms with E-state index in [0.717, 1.165) is 32.0 Å². The highest BCUT2D eigenvalue weighted by Gasteiger charge is 2.20. The van der Waals surface area contributed by atoms with Crippen LogP contribution in [-0.2, 0) is 0 Å². The molecule has 8 heteroatoms. The SMILES string of the molecule is O=c1c2oc3nc(-c4ccccc4)cc(-c4cccs4)c3c2ncn1/N=C/c1cccs1. The topological polar surface area (TPSA) is 73.3 Å². The average Bonchev–Trinajstić information content (AvgIpc) is 3.60. The van der Waals surface area contributed by atoms with Gasteiger partial charge in [0.2, 0.25) is 11.3 Å². The van der Waals surface area contributed by atoms with Crippen molar-refractivity contribution in [2.75, 3.05) is 0 Å². The van der Waals surface area contributed by atoms with E-state index in [1.165, 1.54) is 22.3 Å². The summed E-state index contributed by atoms with van der Waals surface area (Å²) in [6, 6.07) is 19.8. The molecule has 0 fully saturated rings. The number of thiophene rings is 2. The predicted molar refractivity (Wildman–Crippen MR) is 130 cm³/mol. The molecule has 0 atom stereocenters. The third-order valence-corrected chi connectivity index (χ3v) is 6.75. The molecule has 32 heavy (non-hydrogen) atoms. The van der Waals surface area contributed by atoms with Crippen LogP contribution in [0.25, 0.3) is 43.9 Å². The molecule has 0 spiro atoms. The van der Waals surface area contributed by atoms with Crippen LogP contribution in [0, 0.1) is 0 Å². The second kappa shape index (κ2) is 7.67. The van der Waals surface area contributed by atoms with Gasteiger partial charge in [0.1, 0.15) is 11.8 Å². The number of nitrogens with zero attached hydrogens (tertiary/aromatic N) is 4. The third kappa shape index (κ3) is 3.17. The quantitative estimate of drug-likeness (QED) is 0.312. The molecule has 6 rings (SSSR count). The molecule has 5 aromatic heterocycles. The van der Waals surface area contributed by atoms with Gasteiger partial charge in [0.05, 0.1) is 17.3 Å². The summed E-state index contributed by atoms with van der Waals surface area (Å²) in [5.41, 5.74) is 3.32. The Bertz CT molecular complexity index is 1630. The highest BCUT2D eigenvalue weighted by Crippen LogP contribution is 2.38. The molecule has 0 aliphatic heterocycles. The van der Waals surface area contributed by atoms with E-state index in [1.54, 1.807) is 17.6 Å². The molecule has 0 radical (unpaired) electrons. The lowest BCUT2D eigenvalue weighted by molar-refractivity contribution is 0.637. The number of pyridine rings is 1. The highest BCUT2D eigenvalue weighted by atomic mass is 32.1. The lowest BCUT2D eigenvalue weighted by Gasteiger charge is -2.05. The maximum Gasteiger partial charge on any atom is 0.317 e. The van der Waals surface area contributed by atoms with Gasteiger partial charge in [-0.25, -0.2) is 9.97 Å². The number of rotatable bonds is 4. The number of hydrogen-bond acceptors (Lipinski definition) is 7. The van der Waals surface area contributed by atoms with Gasteiger partial charge in [0.15, 0.2) is 0 Å². The number of fused-ring (bicyclic) bond motifs is 3. The van der Waals surface area contributed by atoms with Crippen molar-refractivity contribution in [2.24, 2.45) is 5.10 Å². The van der Waals surface area contributed by atoms with Gasteiger partial charge in [-0.3, -0.25) is 4.79 Å². The standard InChI is InChI=1S/C24H14N4O2S2/c29-24-22-21(25-14-28(24)26-13-16-8-4-10-31-16)20-17(19-9-5-11-32-19)12-18(27-23(20)30-22)15-6-2-1-3-7-15/h1-14H/b26-13+. The Morgan fingerprint density at radius 1 is 1.00 bits per heavy atom. The normalized spacial score (nSPS) is 11.8. The van der Waals surface area contributed by atoms with E-state index in [-0.39, 0.29) is 11.1 Å². The molecule has 0 amide bonds. The maximum atomic E-state index is 13.1. The maximum absolute atomic E-state index is 13.1. The molecule has 0 bridgehead atoms. The largest absolute Gasteiger partial charge is 0.430 e. The second-order valence-electron chi connectivity index (χ2n) is 7.01. The summed E-state index contributed by atoms with van der Waals surface area (Å²) in [6.07, 6.45) is 3.05. The summed E-state index contributed by atoms with van der Waals surface area (Å²) in [5.74, 6) is 0. The fraction of sp³-hybridized carbons (Fsp3) is 0. The minimum absolute atomic E-state index is 0.140. The predicted octanol–water partition coefficient (Wildman–Crippen LogP) is 5.88. The number of hydrogen-bond donors (Lipinski definition) is 0. The summed E-state index contributed by atoms with van der Waals surface area (Å²) >= 11 is 3.16. The lowest BCUT2D eigenvalue weighted by atomic mass is 10.1. The molecule has 0 saturated heterocycles. The molecule has 6 nitrogen and oxygen atoms in total. The zero-order valence-electron chi connectivity index (χ0n) is 16.5. The Morgan fingerprint density at radius 2 is 1.84 bits per heavy atom. The Labute approximate surface area is 189 Å². The summed E-state index contributed by atoms with van der Waals surface area (Å²) < 4.78 is 7.18. The van der Waals surface area contributed by atoms with Gasteiger partial charge < -0.3 is 4.42 Å². The summed E-state index contributed by atoms with van der Waals surface area (Å²) in [4.78, 5) is 24.3. The van der Waals surface area contributed by atoms with Gasteiger partial charge in [-0.2, -0.15) is 9.78 Å². The molecule has 1 aromatic carbocycles. The van der Waals surface area contributed by atoms with Gasteiger partial charge in [0, 0.05) is 20.9 Å². The molecule has 0 N–H and O–H groups in total. The van der Waals surface area contributed by atoms with E-state index in [1.807, 2.05) is 71.4 Å². The van der Waals surface area contributed by atoms with Crippen LogP contribution in [0.5, 0.6) is 0 Å². The molecule has 0 saturated carbocycles. The number of furan rings is 1. The van der Waals surface area contributed by atoms with E-state index in [4.69, 9.17) is 9.40 Å².